The predicted molar refractivity (Wildman–Crippen MR) is 166 cm³/mol. The van der Waals surface area contributed by atoms with Crippen LogP contribution in [0.5, 0.6) is 0 Å². The molecule has 7 nitrogen and oxygen atoms in total. The molecule has 1 fully saturated rings. The molecule has 1 aromatic heterocycles. The zero-order chi connectivity index (χ0) is 29.8. The second-order valence-electron chi connectivity index (χ2n) is 11.1. The first-order valence-electron chi connectivity index (χ1n) is 14.6. The minimum Gasteiger partial charge on any atom is -0.349 e. The van der Waals surface area contributed by atoms with Crippen LogP contribution >= 0.6 is 0 Å². The summed E-state index contributed by atoms with van der Waals surface area (Å²) in [6.07, 6.45) is 1.78. The lowest BCUT2D eigenvalue weighted by Gasteiger charge is -2.32. The number of para-hydroxylation sites is 1. The summed E-state index contributed by atoms with van der Waals surface area (Å²) >= 11 is 0. The van der Waals surface area contributed by atoms with Gasteiger partial charge in [-0.1, -0.05) is 72.8 Å². The van der Waals surface area contributed by atoms with Crippen molar-refractivity contribution in [2.24, 2.45) is 0 Å². The Morgan fingerprint density at radius 3 is 2.12 bits per heavy atom. The first-order valence-corrected chi connectivity index (χ1v) is 14.6. The smallest absolute Gasteiger partial charge is 0.332 e. The van der Waals surface area contributed by atoms with Gasteiger partial charge in [0.25, 0.3) is 11.5 Å². The third-order valence-corrected chi connectivity index (χ3v) is 8.15. The summed E-state index contributed by atoms with van der Waals surface area (Å²) in [4.78, 5) is 42.3. The van der Waals surface area contributed by atoms with Gasteiger partial charge in [0.1, 0.15) is 5.82 Å². The fourth-order valence-corrected chi connectivity index (χ4v) is 5.75. The van der Waals surface area contributed by atoms with Crippen LogP contribution in [0.25, 0.3) is 10.9 Å². The molecule has 1 amide bonds. The molecule has 0 atom stereocenters. The molecule has 4 aromatic carbocycles. The van der Waals surface area contributed by atoms with E-state index in [1.54, 1.807) is 66.7 Å². The summed E-state index contributed by atoms with van der Waals surface area (Å²) < 4.78 is 17.1. The number of carbonyl (C=O) groups excluding carboxylic acids is 1. The fraction of sp³-hybridized carbons (Fsp3) is 0.229. The van der Waals surface area contributed by atoms with Gasteiger partial charge in [0, 0.05) is 36.8 Å². The molecule has 5 aromatic rings. The van der Waals surface area contributed by atoms with E-state index >= 15 is 0 Å². The van der Waals surface area contributed by atoms with Gasteiger partial charge in [0.05, 0.1) is 24.0 Å². The zero-order valence-electron chi connectivity index (χ0n) is 23.8. The number of hydrogen-bond donors (Lipinski definition) is 1. The van der Waals surface area contributed by atoms with Crippen molar-refractivity contribution < 1.29 is 9.18 Å². The summed E-state index contributed by atoms with van der Waals surface area (Å²) in [6.45, 7) is 2.79. The van der Waals surface area contributed by atoms with Crippen molar-refractivity contribution in [2.75, 3.05) is 13.1 Å². The molecule has 1 aliphatic heterocycles. The molecule has 43 heavy (non-hydrogen) atoms. The molecule has 1 aliphatic rings. The molecule has 218 valence electrons. The monoisotopic (exact) mass is 576 g/mol. The maximum atomic E-state index is 14.5. The van der Waals surface area contributed by atoms with Crippen LogP contribution in [0.2, 0.25) is 0 Å². The van der Waals surface area contributed by atoms with Crippen LogP contribution < -0.4 is 16.6 Å². The normalized spacial score (nSPS) is 14.2. The first kappa shape index (κ1) is 28.3. The van der Waals surface area contributed by atoms with Crippen molar-refractivity contribution in [1.82, 2.24) is 19.4 Å². The number of fused-ring (bicyclic) bond motifs is 1. The summed E-state index contributed by atoms with van der Waals surface area (Å²) in [6, 6.07) is 30.6. The topological polar surface area (TPSA) is 76.3 Å². The molecule has 0 unspecified atom stereocenters. The Labute approximate surface area is 248 Å². The molecular formula is C35H33FN4O3. The predicted octanol–water partition coefficient (Wildman–Crippen LogP) is 4.79. The highest BCUT2D eigenvalue weighted by atomic mass is 19.1. The molecule has 0 spiro atoms. The van der Waals surface area contributed by atoms with Gasteiger partial charge in [-0.25, -0.2) is 9.18 Å². The van der Waals surface area contributed by atoms with Crippen molar-refractivity contribution in [3.05, 3.63) is 152 Å². The van der Waals surface area contributed by atoms with E-state index in [2.05, 4.69) is 34.5 Å². The van der Waals surface area contributed by atoms with E-state index in [4.69, 9.17) is 0 Å². The van der Waals surface area contributed by atoms with Crippen molar-refractivity contribution >= 4 is 16.8 Å². The second-order valence-corrected chi connectivity index (χ2v) is 11.1. The summed E-state index contributed by atoms with van der Waals surface area (Å²) in [5.74, 6) is -0.550. The highest BCUT2D eigenvalue weighted by Crippen LogP contribution is 2.16. The van der Waals surface area contributed by atoms with E-state index < -0.39 is 17.1 Å². The molecule has 1 saturated heterocycles. The molecule has 1 N–H and O–H groups in total. The van der Waals surface area contributed by atoms with Crippen LogP contribution in [0.4, 0.5) is 4.39 Å². The van der Waals surface area contributed by atoms with E-state index in [0.717, 1.165) is 32.5 Å². The molecule has 0 radical (unpaired) electrons. The average molecular weight is 577 g/mol. The Hall–Kier alpha value is -4.82. The molecule has 8 heteroatoms. The molecule has 2 heterocycles. The lowest BCUT2D eigenvalue weighted by Crippen LogP contribution is -2.44. The van der Waals surface area contributed by atoms with Crippen LogP contribution in [0.15, 0.2) is 113 Å². The molecule has 0 saturated carbocycles. The largest absolute Gasteiger partial charge is 0.349 e. The fourth-order valence-electron chi connectivity index (χ4n) is 5.75. The minimum atomic E-state index is -0.521. The van der Waals surface area contributed by atoms with Gasteiger partial charge in [0.15, 0.2) is 0 Å². The Balaban J connectivity index is 1.14. The van der Waals surface area contributed by atoms with Crippen LogP contribution in [-0.4, -0.2) is 39.1 Å². The van der Waals surface area contributed by atoms with Gasteiger partial charge in [-0.2, -0.15) is 0 Å². The second kappa shape index (κ2) is 12.6. The molecule has 6 rings (SSSR count). The number of carbonyl (C=O) groups is 1. The van der Waals surface area contributed by atoms with Gasteiger partial charge in [-0.3, -0.25) is 23.6 Å². The number of halogens is 1. The number of aromatic nitrogens is 2. The van der Waals surface area contributed by atoms with E-state index in [1.807, 2.05) is 6.07 Å². The first-order chi connectivity index (χ1) is 21.0. The molecular weight excluding hydrogens is 543 g/mol. The highest BCUT2D eigenvalue weighted by Gasteiger charge is 2.21. The highest BCUT2D eigenvalue weighted by molar-refractivity contribution is 5.94. The third-order valence-electron chi connectivity index (χ3n) is 8.15. The van der Waals surface area contributed by atoms with Crippen molar-refractivity contribution in [3.8, 4) is 0 Å². The van der Waals surface area contributed by atoms with Gasteiger partial charge < -0.3 is 5.32 Å². The maximum Gasteiger partial charge on any atom is 0.332 e. The van der Waals surface area contributed by atoms with E-state index in [0.29, 0.717) is 27.6 Å². The quantitative estimate of drug-likeness (QED) is 0.288. The number of likely N-dealkylation sites (tertiary alicyclic amines) is 1. The van der Waals surface area contributed by atoms with Crippen LogP contribution in [0.1, 0.15) is 39.9 Å². The summed E-state index contributed by atoms with van der Waals surface area (Å²) in [5, 5.41) is 3.54. The van der Waals surface area contributed by atoms with E-state index in [9.17, 15) is 18.8 Å². The number of nitrogens with one attached hydrogen (secondary N) is 1. The molecule has 0 bridgehead atoms. The van der Waals surface area contributed by atoms with E-state index in [-0.39, 0.29) is 25.0 Å². The number of piperidine rings is 1. The van der Waals surface area contributed by atoms with Gasteiger partial charge >= 0.3 is 5.69 Å². The SMILES string of the molecule is O=C(NC1CCN(Cc2ccccc2)CC1)c1ccc(Cn2c(=O)c3ccccc3n(Cc3ccccc3F)c2=O)cc1. The van der Waals surface area contributed by atoms with Gasteiger partial charge in [-0.05, 0) is 54.3 Å². The lowest BCUT2D eigenvalue weighted by molar-refractivity contribution is 0.0909. The minimum absolute atomic E-state index is 0.00338. The number of hydrogen-bond acceptors (Lipinski definition) is 4. The van der Waals surface area contributed by atoms with Crippen molar-refractivity contribution in [3.63, 3.8) is 0 Å². The summed E-state index contributed by atoms with van der Waals surface area (Å²) in [7, 11) is 0. The summed E-state index contributed by atoms with van der Waals surface area (Å²) in [5.41, 5.74) is 2.40. The van der Waals surface area contributed by atoms with Crippen LogP contribution in [-0.2, 0) is 19.6 Å². The maximum absolute atomic E-state index is 14.5. The van der Waals surface area contributed by atoms with Crippen LogP contribution in [0, 0.1) is 5.82 Å². The standard InChI is InChI=1S/C35H33FN4O3/c36-31-12-6-4-10-28(31)24-39-32-13-7-5-11-30(32)34(42)40(35(39)43)23-26-14-16-27(17-15-26)33(41)37-29-18-20-38(21-19-29)22-25-8-2-1-3-9-25/h1-17,29H,18-24H2,(H,37,41). The number of amides is 1. The van der Waals surface area contributed by atoms with Crippen molar-refractivity contribution in [1.29, 1.82) is 0 Å². The van der Waals surface area contributed by atoms with Crippen LogP contribution in [0.3, 0.4) is 0 Å². The Morgan fingerprint density at radius 2 is 1.37 bits per heavy atom. The van der Waals surface area contributed by atoms with Crippen molar-refractivity contribution in [2.45, 2.75) is 38.5 Å². The number of benzene rings is 4. The average Bonchev–Trinajstić information content (AvgIpc) is 3.04. The molecule has 0 aliphatic carbocycles. The zero-order valence-corrected chi connectivity index (χ0v) is 23.8. The number of nitrogens with zero attached hydrogens (tertiary/aromatic N) is 3. The Morgan fingerprint density at radius 1 is 0.721 bits per heavy atom. The third kappa shape index (κ3) is 6.34. The van der Waals surface area contributed by atoms with Gasteiger partial charge in [-0.15, -0.1) is 0 Å². The Kier molecular flexibility index (Phi) is 8.29. The lowest BCUT2D eigenvalue weighted by atomic mass is 10.0. The van der Waals surface area contributed by atoms with E-state index in [1.165, 1.54) is 20.8 Å². The van der Waals surface area contributed by atoms with Gasteiger partial charge in [0.2, 0.25) is 0 Å². The Bertz CT molecular complexity index is 1860. The number of rotatable bonds is 8.